The van der Waals surface area contributed by atoms with Gasteiger partial charge in [-0.2, -0.15) is 0 Å². The first-order valence-corrected chi connectivity index (χ1v) is 10.6. The number of carbonyl (C=O) groups is 2. The van der Waals surface area contributed by atoms with E-state index in [-0.39, 0.29) is 11.8 Å². The zero-order valence-electron chi connectivity index (χ0n) is 17.4. The topological polar surface area (TPSA) is 58.6 Å². The minimum Gasteiger partial charge on any atom is -0.489 e. The van der Waals surface area contributed by atoms with E-state index in [2.05, 4.69) is 5.32 Å². The molecule has 4 rings (SSSR count). The molecule has 158 valence electrons. The molecule has 3 aromatic rings. The molecule has 0 radical (unpaired) electrons. The van der Waals surface area contributed by atoms with Gasteiger partial charge in [0.25, 0.3) is 5.91 Å². The number of nitrogens with one attached hydrogen (secondary N) is 1. The molecule has 0 bridgehead atoms. The molecular formula is C26H26N2O3. The molecule has 1 atom stereocenters. The van der Waals surface area contributed by atoms with Crippen LogP contribution in [0.2, 0.25) is 0 Å². The summed E-state index contributed by atoms with van der Waals surface area (Å²) in [4.78, 5) is 27.2. The van der Waals surface area contributed by atoms with Gasteiger partial charge in [-0.1, -0.05) is 60.7 Å². The fourth-order valence-electron chi connectivity index (χ4n) is 3.78. The highest BCUT2D eigenvalue weighted by Gasteiger charge is 2.34. The molecule has 1 heterocycles. The molecular weight excluding hydrogens is 388 g/mol. The van der Waals surface area contributed by atoms with E-state index < -0.39 is 6.04 Å². The Hall–Kier alpha value is -3.60. The third-order valence-electron chi connectivity index (χ3n) is 5.48. The Kier molecular flexibility index (Phi) is 6.62. The monoisotopic (exact) mass is 414 g/mol. The largest absolute Gasteiger partial charge is 0.489 e. The fourth-order valence-corrected chi connectivity index (χ4v) is 3.78. The predicted molar refractivity (Wildman–Crippen MR) is 120 cm³/mol. The van der Waals surface area contributed by atoms with Gasteiger partial charge >= 0.3 is 0 Å². The number of benzene rings is 3. The summed E-state index contributed by atoms with van der Waals surface area (Å²) >= 11 is 0. The van der Waals surface area contributed by atoms with Crippen molar-refractivity contribution in [3.63, 3.8) is 0 Å². The second-order valence-corrected chi connectivity index (χ2v) is 7.66. The molecule has 0 aromatic heterocycles. The summed E-state index contributed by atoms with van der Waals surface area (Å²) in [6.45, 7) is 1.55. The smallest absolute Gasteiger partial charge is 0.254 e. The molecule has 5 heteroatoms. The maximum absolute atomic E-state index is 12.8. The number of carbonyl (C=O) groups excluding carboxylic acids is 2. The van der Waals surface area contributed by atoms with Crippen molar-refractivity contribution in [1.29, 1.82) is 0 Å². The molecule has 1 saturated heterocycles. The second-order valence-electron chi connectivity index (χ2n) is 7.66. The number of hydrogen-bond donors (Lipinski definition) is 1. The Labute approximate surface area is 182 Å². The summed E-state index contributed by atoms with van der Waals surface area (Å²) in [5, 5.41) is 2.98. The quantitative estimate of drug-likeness (QED) is 0.631. The molecule has 2 amide bonds. The second kappa shape index (κ2) is 9.94. The van der Waals surface area contributed by atoms with Crippen LogP contribution in [0, 0.1) is 0 Å². The lowest BCUT2D eigenvalue weighted by Crippen LogP contribution is -2.45. The van der Waals surface area contributed by atoms with E-state index in [1.807, 2.05) is 72.8 Å². The molecule has 1 aliphatic rings. The molecule has 31 heavy (non-hydrogen) atoms. The Balaban J connectivity index is 1.29. The van der Waals surface area contributed by atoms with E-state index in [4.69, 9.17) is 4.74 Å². The lowest BCUT2D eigenvalue weighted by Gasteiger charge is -2.24. The van der Waals surface area contributed by atoms with Gasteiger partial charge in [0.1, 0.15) is 18.4 Å². The van der Waals surface area contributed by atoms with Gasteiger partial charge < -0.3 is 15.0 Å². The fraction of sp³-hybridized carbons (Fsp3) is 0.231. The van der Waals surface area contributed by atoms with Gasteiger partial charge in [0, 0.05) is 18.7 Å². The summed E-state index contributed by atoms with van der Waals surface area (Å²) in [5.41, 5.74) is 2.72. The number of amides is 2. The molecule has 1 aliphatic heterocycles. The van der Waals surface area contributed by atoms with Crippen molar-refractivity contribution in [3.05, 3.63) is 102 Å². The van der Waals surface area contributed by atoms with Crippen LogP contribution in [0.5, 0.6) is 5.75 Å². The van der Waals surface area contributed by atoms with E-state index in [0.717, 1.165) is 23.3 Å². The van der Waals surface area contributed by atoms with Crippen LogP contribution < -0.4 is 10.1 Å². The van der Waals surface area contributed by atoms with Gasteiger partial charge in [-0.15, -0.1) is 0 Å². The first kappa shape index (κ1) is 20.7. The lowest BCUT2D eigenvalue weighted by molar-refractivity contribution is -0.125. The Morgan fingerprint density at radius 2 is 1.55 bits per heavy atom. The number of ether oxygens (including phenoxy) is 1. The predicted octanol–water partition coefficient (Wildman–Crippen LogP) is 4.19. The van der Waals surface area contributed by atoms with Crippen molar-refractivity contribution < 1.29 is 14.3 Å². The third-order valence-corrected chi connectivity index (χ3v) is 5.48. The molecule has 0 spiro atoms. The van der Waals surface area contributed by atoms with Crippen LogP contribution in [0.25, 0.3) is 0 Å². The van der Waals surface area contributed by atoms with Crippen LogP contribution in [-0.2, 0) is 17.9 Å². The Morgan fingerprint density at radius 3 is 2.26 bits per heavy atom. The van der Waals surface area contributed by atoms with Gasteiger partial charge in [0.15, 0.2) is 0 Å². The summed E-state index contributed by atoms with van der Waals surface area (Å²) in [6, 6.07) is 26.4. The van der Waals surface area contributed by atoms with Crippen molar-refractivity contribution >= 4 is 11.8 Å². The van der Waals surface area contributed by atoms with Crippen LogP contribution in [0.1, 0.15) is 34.3 Å². The van der Waals surface area contributed by atoms with E-state index >= 15 is 0 Å². The van der Waals surface area contributed by atoms with E-state index in [1.165, 1.54) is 0 Å². The highest BCUT2D eigenvalue weighted by Crippen LogP contribution is 2.21. The molecule has 3 aromatic carbocycles. The number of rotatable bonds is 7. The molecule has 1 fully saturated rings. The maximum Gasteiger partial charge on any atom is 0.254 e. The van der Waals surface area contributed by atoms with Gasteiger partial charge in [-0.3, -0.25) is 9.59 Å². The molecule has 0 aliphatic carbocycles. The average molecular weight is 415 g/mol. The van der Waals surface area contributed by atoms with Gasteiger partial charge in [-0.25, -0.2) is 0 Å². The Morgan fingerprint density at radius 1 is 0.871 bits per heavy atom. The van der Waals surface area contributed by atoms with Crippen LogP contribution >= 0.6 is 0 Å². The third kappa shape index (κ3) is 5.31. The number of likely N-dealkylation sites (tertiary alicyclic amines) is 1. The van der Waals surface area contributed by atoms with E-state index in [1.54, 1.807) is 17.0 Å². The Bertz CT molecular complexity index is 1000. The van der Waals surface area contributed by atoms with Crippen molar-refractivity contribution in [2.45, 2.75) is 32.0 Å². The van der Waals surface area contributed by atoms with Crippen molar-refractivity contribution in [3.8, 4) is 5.75 Å². The molecule has 1 N–H and O–H groups in total. The first-order chi connectivity index (χ1) is 15.2. The molecule has 5 nitrogen and oxygen atoms in total. The van der Waals surface area contributed by atoms with Crippen molar-refractivity contribution in [2.75, 3.05) is 6.54 Å². The summed E-state index contributed by atoms with van der Waals surface area (Å²) in [7, 11) is 0. The average Bonchev–Trinajstić information content (AvgIpc) is 3.33. The first-order valence-electron chi connectivity index (χ1n) is 10.6. The van der Waals surface area contributed by atoms with Crippen molar-refractivity contribution in [1.82, 2.24) is 10.2 Å². The lowest BCUT2D eigenvalue weighted by atomic mass is 10.1. The molecule has 1 unspecified atom stereocenters. The minimum atomic E-state index is -0.416. The number of nitrogens with zero attached hydrogens (tertiary/aromatic N) is 1. The number of hydrogen-bond acceptors (Lipinski definition) is 3. The van der Waals surface area contributed by atoms with Crippen molar-refractivity contribution in [2.24, 2.45) is 0 Å². The minimum absolute atomic E-state index is 0.0850. The zero-order valence-corrected chi connectivity index (χ0v) is 17.4. The normalized spacial score (nSPS) is 15.5. The highest BCUT2D eigenvalue weighted by atomic mass is 16.5. The zero-order chi connectivity index (χ0) is 21.5. The summed E-state index contributed by atoms with van der Waals surface area (Å²) < 4.78 is 5.80. The van der Waals surface area contributed by atoms with Gasteiger partial charge in [0.05, 0.1) is 0 Å². The van der Waals surface area contributed by atoms with E-state index in [9.17, 15) is 9.59 Å². The summed E-state index contributed by atoms with van der Waals surface area (Å²) in [6.07, 6.45) is 1.53. The van der Waals surface area contributed by atoms with Gasteiger partial charge in [-0.05, 0) is 48.2 Å². The summed E-state index contributed by atoms with van der Waals surface area (Å²) in [5.74, 6) is 0.596. The highest BCUT2D eigenvalue weighted by molar-refractivity contribution is 5.97. The van der Waals surface area contributed by atoms with Crippen LogP contribution in [0.4, 0.5) is 0 Å². The van der Waals surface area contributed by atoms with Crippen LogP contribution in [0.3, 0.4) is 0 Å². The van der Waals surface area contributed by atoms with Gasteiger partial charge in [0.2, 0.25) is 5.91 Å². The van der Waals surface area contributed by atoms with E-state index in [0.29, 0.717) is 31.7 Å². The maximum atomic E-state index is 12.8. The van der Waals surface area contributed by atoms with Crippen LogP contribution in [0.15, 0.2) is 84.9 Å². The SMILES string of the molecule is O=C(NCc1ccc(OCc2ccccc2)cc1)C1CCCN1C(=O)c1ccccc1. The molecule has 0 saturated carbocycles. The standard InChI is InChI=1S/C26H26N2O3/c29-25(24-12-7-17-28(24)26(30)22-10-5-2-6-11-22)27-18-20-13-15-23(16-14-20)31-19-21-8-3-1-4-9-21/h1-6,8-11,13-16,24H,7,12,17-19H2,(H,27,29). The van der Waals surface area contributed by atoms with Crippen LogP contribution in [-0.4, -0.2) is 29.3 Å².